The average molecular weight is 516 g/mol. The minimum absolute atomic E-state index is 0.0403. The minimum Gasteiger partial charge on any atom is -0.459 e. The number of ether oxygens (including phenoxy) is 1. The maximum Gasteiger partial charge on any atom is 0.338 e. The lowest BCUT2D eigenvalue weighted by atomic mass is 10.1. The molecule has 0 radical (unpaired) electrons. The Morgan fingerprint density at radius 3 is 2.60 bits per heavy atom. The summed E-state index contributed by atoms with van der Waals surface area (Å²) in [5, 5.41) is 14.5. The van der Waals surface area contributed by atoms with Crippen molar-refractivity contribution in [1.82, 2.24) is 20.1 Å². The number of amides is 2. The van der Waals surface area contributed by atoms with Crippen LogP contribution in [0.15, 0.2) is 47.6 Å². The lowest BCUT2D eigenvalue weighted by Gasteiger charge is -2.11. The molecule has 1 heterocycles. The van der Waals surface area contributed by atoms with E-state index in [0.29, 0.717) is 27.3 Å². The number of thioether (sulfide) groups is 1. The summed E-state index contributed by atoms with van der Waals surface area (Å²) in [4.78, 5) is 37.0. The normalized spacial score (nSPS) is 10.8. The second kappa shape index (κ2) is 11.9. The van der Waals surface area contributed by atoms with Crippen LogP contribution in [-0.4, -0.2) is 44.4 Å². The van der Waals surface area contributed by atoms with Crippen molar-refractivity contribution in [2.24, 2.45) is 7.05 Å². The van der Waals surface area contributed by atoms with Gasteiger partial charge < -0.3 is 19.9 Å². The van der Waals surface area contributed by atoms with E-state index in [4.69, 9.17) is 16.3 Å². The summed E-state index contributed by atoms with van der Waals surface area (Å²) in [6.45, 7) is 5.62. The molecule has 0 saturated heterocycles. The zero-order chi connectivity index (χ0) is 25.5. The molecule has 2 N–H and O–H groups in total. The van der Waals surface area contributed by atoms with Crippen molar-refractivity contribution >= 4 is 46.8 Å². The van der Waals surface area contributed by atoms with Crippen LogP contribution < -0.4 is 10.6 Å². The zero-order valence-electron chi connectivity index (χ0n) is 19.8. The molecule has 1 aromatic heterocycles. The molecular formula is C24H26ClN5O4S. The molecule has 3 rings (SSSR count). The maximum atomic E-state index is 12.5. The van der Waals surface area contributed by atoms with Crippen LogP contribution in [0, 0.1) is 6.92 Å². The first-order valence-electron chi connectivity index (χ1n) is 10.8. The first kappa shape index (κ1) is 26.2. The predicted octanol–water partition coefficient (Wildman–Crippen LogP) is 4.00. The van der Waals surface area contributed by atoms with Gasteiger partial charge in [-0.25, -0.2) is 4.79 Å². The molecular weight excluding hydrogens is 490 g/mol. The van der Waals surface area contributed by atoms with Crippen molar-refractivity contribution in [3.05, 3.63) is 70.0 Å². The van der Waals surface area contributed by atoms with Crippen LogP contribution in [0.4, 0.5) is 5.69 Å². The van der Waals surface area contributed by atoms with Crippen LogP contribution in [0.3, 0.4) is 0 Å². The van der Waals surface area contributed by atoms with Crippen molar-refractivity contribution in [3.63, 3.8) is 0 Å². The van der Waals surface area contributed by atoms with Gasteiger partial charge in [0.15, 0.2) is 11.0 Å². The standard InChI is InChI=1S/C24H26ClN5O4S/c1-14(2)34-23(33)17-8-9-18(25)19(11-17)27-21(31)13-35-24-29-28-20(30(24)4)12-26-22(32)16-7-5-6-15(3)10-16/h5-11,14H,12-13H2,1-4H3,(H,26,32)(H,27,31). The number of carbonyl (C=O) groups is 3. The highest BCUT2D eigenvalue weighted by atomic mass is 35.5. The minimum atomic E-state index is -0.498. The van der Waals surface area contributed by atoms with Gasteiger partial charge in [-0.05, 0) is 51.1 Å². The molecule has 2 amide bonds. The quantitative estimate of drug-likeness (QED) is 0.327. The van der Waals surface area contributed by atoms with E-state index in [0.717, 1.165) is 5.56 Å². The molecule has 0 aliphatic carbocycles. The van der Waals surface area contributed by atoms with E-state index >= 15 is 0 Å². The number of esters is 1. The second-order valence-corrected chi connectivity index (χ2v) is 9.35. The van der Waals surface area contributed by atoms with Crippen molar-refractivity contribution in [1.29, 1.82) is 0 Å². The molecule has 0 aliphatic heterocycles. The molecule has 0 bridgehead atoms. The van der Waals surface area contributed by atoms with Crippen molar-refractivity contribution in [3.8, 4) is 0 Å². The summed E-state index contributed by atoms with van der Waals surface area (Å²) in [7, 11) is 1.76. The summed E-state index contributed by atoms with van der Waals surface area (Å²) in [6, 6.07) is 11.8. The molecule has 11 heteroatoms. The molecule has 0 fully saturated rings. The number of halogens is 1. The van der Waals surface area contributed by atoms with Gasteiger partial charge in [0.05, 0.1) is 34.7 Å². The predicted molar refractivity (Wildman–Crippen MR) is 135 cm³/mol. The Morgan fingerprint density at radius 2 is 1.89 bits per heavy atom. The third kappa shape index (κ3) is 7.30. The average Bonchev–Trinajstić information content (AvgIpc) is 3.16. The summed E-state index contributed by atoms with van der Waals surface area (Å²) >= 11 is 7.36. The van der Waals surface area contributed by atoms with Gasteiger partial charge in [0.25, 0.3) is 5.91 Å². The monoisotopic (exact) mass is 515 g/mol. The number of aromatic nitrogens is 3. The number of nitrogens with one attached hydrogen (secondary N) is 2. The van der Waals surface area contributed by atoms with Crippen LogP contribution in [0.1, 0.15) is 46.0 Å². The van der Waals surface area contributed by atoms with E-state index in [2.05, 4.69) is 20.8 Å². The highest BCUT2D eigenvalue weighted by Gasteiger charge is 2.16. The van der Waals surface area contributed by atoms with E-state index in [-0.39, 0.29) is 35.8 Å². The molecule has 35 heavy (non-hydrogen) atoms. The fourth-order valence-corrected chi connectivity index (χ4v) is 3.91. The molecule has 3 aromatic rings. The fourth-order valence-electron chi connectivity index (χ4n) is 3.02. The Hall–Kier alpha value is -3.37. The van der Waals surface area contributed by atoms with E-state index in [1.807, 2.05) is 19.1 Å². The number of aryl methyl sites for hydroxylation is 1. The van der Waals surface area contributed by atoms with Crippen molar-refractivity contribution < 1.29 is 19.1 Å². The van der Waals surface area contributed by atoms with Crippen LogP contribution >= 0.6 is 23.4 Å². The van der Waals surface area contributed by atoms with E-state index in [9.17, 15) is 14.4 Å². The number of benzene rings is 2. The first-order valence-corrected chi connectivity index (χ1v) is 12.2. The van der Waals surface area contributed by atoms with E-state index in [1.165, 1.54) is 30.0 Å². The highest BCUT2D eigenvalue weighted by Crippen LogP contribution is 2.24. The van der Waals surface area contributed by atoms with Gasteiger partial charge in [0, 0.05) is 12.6 Å². The Bertz CT molecular complexity index is 1240. The van der Waals surface area contributed by atoms with Crippen LogP contribution in [0.25, 0.3) is 0 Å². The zero-order valence-corrected chi connectivity index (χ0v) is 21.4. The van der Waals surface area contributed by atoms with Crippen molar-refractivity contribution in [2.45, 2.75) is 38.6 Å². The maximum absolute atomic E-state index is 12.5. The summed E-state index contributed by atoms with van der Waals surface area (Å²) < 4.78 is 6.89. The van der Waals surface area contributed by atoms with E-state index < -0.39 is 5.97 Å². The van der Waals surface area contributed by atoms with Gasteiger partial charge in [-0.15, -0.1) is 10.2 Å². The third-order valence-electron chi connectivity index (χ3n) is 4.76. The Balaban J connectivity index is 1.55. The first-order chi connectivity index (χ1) is 16.6. The number of hydrogen-bond donors (Lipinski definition) is 2. The SMILES string of the molecule is Cc1cccc(C(=O)NCc2nnc(SCC(=O)Nc3cc(C(=O)OC(C)C)ccc3Cl)n2C)c1. The molecule has 0 aliphatic rings. The number of rotatable bonds is 9. The number of anilines is 1. The van der Waals surface area contributed by atoms with Crippen LogP contribution in [0.2, 0.25) is 5.02 Å². The van der Waals surface area contributed by atoms with Gasteiger partial charge in [-0.1, -0.05) is 41.1 Å². The topological polar surface area (TPSA) is 115 Å². The summed E-state index contributed by atoms with van der Waals surface area (Å²) in [5.74, 6) is -0.445. The van der Waals surface area contributed by atoms with Gasteiger partial charge in [-0.3, -0.25) is 9.59 Å². The summed E-state index contributed by atoms with van der Waals surface area (Å²) in [5.41, 5.74) is 2.17. The fraction of sp³-hybridized carbons (Fsp3) is 0.292. The molecule has 184 valence electrons. The van der Waals surface area contributed by atoms with Gasteiger partial charge in [-0.2, -0.15) is 0 Å². The molecule has 0 unspecified atom stereocenters. The third-order valence-corrected chi connectivity index (χ3v) is 6.11. The Morgan fingerprint density at radius 1 is 1.11 bits per heavy atom. The smallest absolute Gasteiger partial charge is 0.338 e. The molecule has 0 atom stereocenters. The lowest BCUT2D eigenvalue weighted by Crippen LogP contribution is -2.24. The Labute approximate surface area is 212 Å². The number of carbonyl (C=O) groups excluding carboxylic acids is 3. The molecule has 2 aromatic carbocycles. The largest absolute Gasteiger partial charge is 0.459 e. The van der Waals surface area contributed by atoms with Gasteiger partial charge in [0.1, 0.15) is 0 Å². The second-order valence-electron chi connectivity index (χ2n) is 8.00. The lowest BCUT2D eigenvalue weighted by molar-refractivity contribution is -0.113. The highest BCUT2D eigenvalue weighted by molar-refractivity contribution is 7.99. The summed E-state index contributed by atoms with van der Waals surface area (Å²) in [6.07, 6.45) is -0.264. The van der Waals surface area contributed by atoms with Crippen LogP contribution in [-0.2, 0) is 23.1 Å². The number of hydrogen-bond acceptors (Lipinski definition) is 7. The van der Waals surface area contributed by atoms with Gasteiger partial charge in [0.2, 0.25) is 5.91 Å². The Kier molecular flexibility index (Phi) is 8.89. The molecule has 0 saturated carbocycles. The number of nitrogens with zero attached hydrogens (tertiary/aromatic N) is 3. The van der Waals surface area contributed by atoms with Crippen molar-refractivity contribution in [2.75, 3.05) is 11.1 Å². The van der Waals surface area contributed by atoms with Gasteiger partial charge >= 0.3 is 5.97 Å². The van der Waals surface area contributed by atoms with Crippen LogP contribution in [0.5, 0.6) is 0 Å². The molecule has 0 spiro atoms. The van der Waals surface area contributed by atoms with E-state index in [1.54, 1.807) is 37.6 Å². The molecule has 9 nitrogen and oxygen atoms in total.